The first-order valence-corrected chi connectivity index (χ1v) is 12.3. The minimum absolute atomic E-state index is 0.0695. The van der Waals surface area contributed by atoms with Crippen molar-refractivity contribution in [2.75, 3.05) is 0 Å². The van der Waals surface area contributed by atoms with E-state index in [-0.39, 0.29) is 44.9 Å². The van der Waals surface area contributed by atoms with Gasteiger partial charge in [-0.25, -0.2) is 0 Å². The van der Waals surface area contributed by atoms with E-state index >= 15 is 0 Å². The van der Waals surface area contributed by atoms with E-state index in [1.165, 1.54) is 13.4 Å². The molecule has 0 spiro atoms. The molecule has 0 aromatic heterocycles. The van der Waals surface area contributed by atoms with Crippen LogP contribution in [0.15, 0.2) is 91.0 Å². The van der Waals surface area contributed by atoms with Gasteiger partial charge in [0.15, 0.2) is 0 Å². The van der Waals surface area contributed by atoms with Crippen LogP contribution in [0.3, 0.4) is 0 Å². The summed E-state index contributed by atoms with van der Waals surface area (Å²) in [5.74, 6) is 0. The van der Waals surface area contributed by atoms with Crippen LogP contribution in [0.2, 0.25) is 0 Å². The van der Waals surface area contributed by atoms with Crippen LogP contribution in [0.4, 0.5) is 0 Å². The zero-order valence-corrected chi connectivity index (χ0v) is 17.4. The minimum atomic E-state index is -0.850. The molecule has 1 radical (unpaired) electrons. The van der Waals surface area contributed by atoms with E-state index in [2.05, 4.69) is 36.4 Å². The van der Waals surface area contributed by atoms with Crippen molar-refractivity contribution in [1.82, 2.24) is 0 Å². The van der Waals surface area contributed by atoms with Crippen LogP contribution in [0, 0.1) is 0 Å². The van der Waals surface area contributed by atoms with Crippen molar-refractivity contribution in [2.45, 2.75) is 2.30 Å². The van der Waals surface area contributed by atoms with Gasteiger partial charge < -0.3 is 0 Å². The van der Waals surface area contributed by atoms with Crippen molar-refractivity contribution in [3.05, 3.63) is 91.0 Å². The second-order valence-electron chi connectivity index (χ2n) is 4.75. The molecule has 3 aromatic rings. The van der Waals surface area contributed by atoms with E-state index < -0.39 is 2.30 Å². The van der Waals surface area contributed by atoms with Crippen molar-refractivity contribution >= 4 is 58.3 Å². The summed E-state index contributed by atoms with van der Waals surface area (Å²) in [4.78, 5) is 0. The molecular weight excluding hydrogens is 481 g/mol. The van der Waals surface area contributed by atoms with Gasteiger partial charge in [0.05, 0.1) is 0 Å². The molecule has 0 fully saturated rings. The Morgan fingerprint density at radius 2 is 0.739 bits per heavy atom. The number of benzene rings is 3. The van der Waals surface area contributed by atoms with Crippen LogP contribution in [-0.2, 0) is 5.11 Å². The van der Waals surface area contributed by atoms with Gasteiger partial charge in [-0.1, -0.05) is 0 Å². The summed E-state index contributed by atoms with van der Waals surface area (Å²) in [6.07, 6.45) is 0. The molecule has 0 bridgehead atoms. The van der Waals surface area contributed by atoms with Crippen LogP contribution in [0.5, 0.6) is 0 Å². The van der Waals surface area contributed by atoms with Crippen LogP contribution >= 0.6 is 0 Å². The topological polar surface area (TPSA) is 19.9 Å². The van der Waals surface area contributed by atoms with Crippen molar-refractivity contribution in [3.8, 4) is 0 Å². The van der Waals surface area contributed by atoms with E-state index in [1.807, 2.05) is 54.6 Å². The molecule has 3 rings (SSSR count). The number of rotatable bonds is 6. The Bertz CT molecular complexity index is 616. The van der Waals surface area contributed by atoms with E-state index in [1.54, 1.807) is 0 Å². The average molecular weight is 496 g/mol. The molecule has 0 unspecified atom stereocenters. The number of hydrogen-bond acceptors (Lipinski definition) is 0. The first kappa shape index (κ1) is 17.0. The van der Waals surface area contributed by atoms with E-state index in [0.29, 0.717) is 0 Å². The fourth-order valence-electron chi connectivity index (χ4n) is 1.96. The fourth-order valence-corrected chi connectivity index (χ4v) is 13.5. The summed E-state index contributed by atoms with van der Waals surface area (Å²) < 4.78 is 2.75. The number of hydrogen-bond donors (Lipinski definition) is 0. The molecule has 0 heterocycles. The zero-order valence-electron chi connectivity index (χ0n) is 12.3. The normalized spacial score (nSPS) is 11.3. The van der Waals surface area contributed by atoms with Crippen molar-refractivity contribution < 1.29 is 5.11 Å². The molecular formula is C19H15OSe3. The van der Waals surface area contributed by atoms with E-state index in [0.717, 1.165) is 0 Å². The van der Waals surface area contributed by atoms with Crippen molar-refractivity contribution in [1.29, 1.82) is 0 Å². The van der Waals surface area contributed by atoms with Gasteiger partial charge in [0.1, 0.15) is 0 Å². The first-order chi connectivity index (χ1) is 11.2. The molecule has 23 heavy (non-hydrogen) atoms. The zero-order chi connectivity index (χ0) is 16.0. The van der Waals surface area contributed by atoms with Crippen molar-refractivity contribution in [3.63, 3.8) is 0 Å². The molecule has 4 heteroatoms. The Kier molecular flexibility index (Phi) is 6.16. The molecule has 0 aliphatic heterocycles. The third-order valence-electron chi connectivity index (χ3n) is 2.96. The second-order valence-corrected chi connectivity index (χ2v) is 16.5. The molecule has 1 nitrogen and oxygen atoms in total. The molecule has 0 aliphatic carbocycles. The molecule has 0 saturated carbocycles. The third kappa shape index (κ3) is 5.34. The van der Waals surface area contributed by atoms with Gasteiger partial charge in [-0.05, 0) is 0 Å². The quantitative estimate of drug-likeness (QED) is 0.457. The average Bonchev–Trinajstić information content (AvgIpc) is 2.57. The summed E-state index contributed by atoms with van der Waals surface area (Å²) in [6, 6.07) is 30.8. The molecule has 115 valence electrons. The monoisotopic (exact) mass is 499 g/mol. The Hall–Kier alpha value is -0.822. The SMILES string of the molecule is [O]C([Se]c1ccccc1)([Se]c1ccccc1)[Se]c1ccccc1. The van der Waals surface area contributed by atoms with Gasteiger partial charge in [0, 0.05) is 0 Å². The second kappa shape index (κ2) is 8.33. The standard InChI is InChI=1S/C19H15OSe3/c20-19(21-16-10-4-1-5-11-16,22-17-12-6-2-7-13-17)23-18-14-8-3-9-15-18/h1-15H. The van der Waals surface area contributed by atoms with E-state index in [9.17, 15) is 5.11 Å². The van der Waals surface area contributed by atoms with Crippen LogP contribution in [-0.4, -0.2) is 47.2 Å². The van der Waals surface area contributed by atoms with Crippen LogP contribution in [0.1, 0.15) is 0 Å². The van der Waals surface area contributed by atoms with Gasteiger partial charge in [-0.3, -0.25) is 0 Å². The van der Waals surface area contributed by atoms with Gasteiger partial charge in [0.2, 0.25) is 0 Å². The van der Waals surface area contributed by atoms with Gasteiger partial charge in [-0.15, -0.1) is 0 Å². The van der Waals surface area contributed by atoms with Crippen molar-refractivity contribution in [2.24, 2.45) is 0 Å². The van der Waals surface area contributed by atoms with Gasteiger partial charge in [0.25, 0.3) is 0 Å². The Labute approximate surface area is 156 Å². The van der Waals surface area contributed by atoms with E-state index in [4.69, 9.17) is 0 Å². The Morgan fingerprint density at radius 3 is 1.00 bits per heavy atom. The maximum atomic E-state index is 13.7. The summed E-state index contributed by atoms with van der Waals surface area (Å²) in [5.41, 5.74) is 0. The molecule has 0 atom stereocenters. The molecule has 0 N–H and O–H groups in total. The summed E-state index contributed by atoms with van der Waals surface area (Å²) in [6.45, 7) is 0. The third-order valence-corrected chi connectivity index (χ3v) is 13.2. The summed E-state index contributed by atoms with van der Waals surface area (Å²) in [5, 5.41) is 13.7. The van der Waals surface area contributed by atoms with Crippen LogP contribution < -0.4 is 13.4 Å². The Balaban J connectivity index is 1.85. The molecule has 3 aromatic carbocycles. The maximum absolute atomic E-state index is 13.7. The van der Waals surface area contributed by atoms with Gasteiger partial charge in [-0.2, -0.15) is 0 Å². The Morgan fingerprint density at radius 1 is 0.478 bits per heavy atom. The van der Waals surface area contributed by atoms with Gasteiger partial charge >= 0.3 is 157 Å². The molecule has 0 amide bonds. The summed E-state index contributed by atoms with van der Waals surface area (Å²) >= 11 is -0.209. The first-order valence-electron chi connectivity index (χ1n) is 7.16. The fraction of sp³-hybridized carbons (Fsp3) is 0.0526. The predicted octanol–water partition coefficient (Wildman–Crippen LogP) is 1.12. The van der Waals surface area contributed by atoms with Crippen LogP contribution in [0.25, 0.3) is 0 Å². The predicted molar refractivity (Wildman–Crippen MR) is 98.9 cm³/mol. The molecule has 0 saturated heterocycles. The molecule has 0 aliphatic rings. The summed E-state index contributed by atoms with van der Waals surface area (Å²) in [7, 11) is 0.